The van der Waals surface area contributed by atoms with Gasteiger partial charge in [0.05, 0.1) is 55.6 Å². The predicted molar refractivity (Wildman–Crippen MR) is 220 cm³/mol. The number of aryl methyl sites for hydroxylation is 2. The molecule has 0 radical (unpaired) electrons. The number of fused-ring (bicyclic) bond motifs is 6. The number of aromatic nitrogens is 2. The molecule has 7 rings (SSSR count). The predicted octanol–water partition coefficient (Wildman–Crippen LogP) is 7.35. The normalized spacial score (nSPS) is 19.1. The van der Waals surface area contributed by atoms with Crippen LogP contribution in [0, 0.1) is 34.6 Å². The van der Waals surface area contributed by atoms with Gasteiger partial charge < -0.3 is 19.4 Å². The summed E-state index contributed by atoms with van der Waals surface area (Å²) < 4.78 is 10.3. The quantitative estimate of drug-likeness (QED) is 0.194. The van der Waals surface area contributed by atoms with Crippen LogP contribution in [0.1, 0.15) is 89.0 Å². The van der Waals surface area contributed by atoms with Crippen LogP contribution in [0.4, 0.5) is 0 Å². The molecule has 8 heteroatoms. The number of benzene rings is 2. The zero-order chi connectivity index (χ0) is 39.3. The summed E-state index contributed by atoms with van der Waals surface area (Å²) >= 11 is 0. The molecule has 0 aliphatic carbocycles. The maximum absolute atomic E-state index is 12.8. The highest BCUT2D eigenvalue weighted by atomic mass is 16.5. The number of aromatic amines is 2. The average Bonchev–Trinajstić information content (AvgIpc) is 3.80. The Labute approximate surface area is 323 Å². The fraction of sp³-hybridized carbons (Fsp3) is 0.319. The van der Waals surface area contributed by atoms with Gasteiger partial charge in [-0.2, -0.15) is 0 Å². The van der Waals surface area contributed by atoms with Crippen molar-refractivity contribution in [1.82, 2.24) is 9.97 Å². The minimum absolute atomic E-state index is 0.0522. The van der Waals surface area contributed by atoms with Crippen molar-refractivity contribution in [3.63, 3.8) is 0 Å². The molecule has 2 aromatic heterocycles. The molecule has 5 heterocycles. The number of carbonyl (C=O) groups excluding carboxylic acids is 2. The van der Waals surface area contributed by atoms with Crippen molar-refractivity contribution in [2.75, 3.05) is 14.2 Å². The van der Waals surface area contributed by atoms with E-state index in [4.69, 9.17) is 19.5 Å². The van der Waals surface area contributed by atoms with Gasteiger partial charge >= 0.3 is 11.9 Å². The van der Waals surface area contributed by atoms with Gasteiger partial charge in [-0.15, -0.1) is 0 Å². The van der Waals surface area contributed by atoms with E-state index in [0.717, 1.165) is 66.9 Å². The van der Waals surface area contributed by atoms with Crippen LogP contribution in [-0.2, 0) is 31.9 Å². The summed E-state index contributed by atoms with van der Waals surface area (Å²) in [5.74, 6) is -0.873. The van der Waals surface area contributed by atoms with Crippen molar-refractivity contribution >= 4 is 35.5 Å². The van der Waals surface area contributed by atoms with Crippen LogP contribution < -0.4 is 10.7 Å². The van der Waals surface area contributed by atoms with Crippen molar-refractivity contribution < 1.29 is 19.1 Å². The molecule has 282 valence electrons. The van der Waals surface area contributed by atoms with Crippen molar-refractivity contribution in [2.45, 2.75) is 86.1 Å². The van der Waals surface area contributed by atoms with E-state index in [1.54, 1.807) is 0 Å². The lowest BCUT2D eigenvalue weighted by atomic mass is 9.69. The average molecular weight is 735 g/mol. The summed E-state index contributed by atoms with van der Waals surface area (Å²) in [5.41, 5.74) is 16.4. The molecule has 2 atom stereocenters. The third kappa shape index (κ3) is 6.68. The molecule has 0 saturated heterocycles. The van der Waals surface area contributed by atoms with E-state index in [-0.39, 0.29) is 30.7 Å². The Hall–Kier alpha value is -5.76. The Balaban J connectivity index is 1.61. The molecular formula is C47H50N4O4. The molecule has 0 unspecified atom stereocenters. The molecule has 0 spiro atoms. The van der Waals surface area contributed by atoms with E-state index in [0.29, 0.717) is 12.1 Å². The number of hydrogen-bond acceptors (Lipinski definition) is 6. The molecule has 3 aliphatic rings. The molecule has 55 heavy (non-hydrogen) atoms. The maximum atomic E-state index is 12.8. The van der Waals surface area contributed by atoms with E-state index < -0.39 is 5.54 Å². The number of rotatable bonds is 7. The molecule has 8 bridgehead atoms. The van der Waals surface area contributed by atoms with Crippen LogP contribution in [0.3, 0.4) is 0 Å². The summed E-state index contributed by atoms with van der Waals surface area (Å²) in [5, 5.41) is 1.60. The second-order valence-electron chi connectivity index (χ2n) is 15.4. The minimum atomic E-state index is -0.690. The molecule has 4 aromatic rings. The van der Waals surface area contributed by atoms with Gasteiger partial charge in [0, 0.05) is 28.5 Å². The van der Waals surface area contributed by atoms with Crippen LogP contribution in [-0.4, -0.2) is 53.1 Å². The summed E-state index contributed by atoms with van der Waals surface area (Å²) in [6.45, 7) is 17.0. The fourth-order valence-electron chi connectivity index (χ4n) is 8.35. The molecule has 2 aromatic carbocycles. The van der Waals surface area contributed by atoms with Gasteiger partial charge in [0.25, 0.3) is 0 Å². The van der Waals surface area contributed by atoms with Crippen molar-refractivity contribution in [3.05, 3.63) is 149 Å². The van der Waals surface area contributed by atoms with Crippen molar-refractivity contribution in [3.8, 4) is 0 Å². The number of hydrogen-bond donors (Lipinski definition) is 2. The SMILES string of the molecule is COC(=O)CC1=C(C)C2=CC3=N[C@](Cc4ccc(C)cc4)(C(C)=C3C)[C@H](c3ccc(C)cc3)c3[nH]c(c(C)c3C)C=c3[nH]c(c(CC(=O)OC)c3C)=CC1=N2. The number of esters is 2. The fourth-order valence-corrected chi connectivity index (χ4v) is 8.35. The maximum Gasteiger partial charge on any atom is 0.310 e. The highest BCUT2D eigenvalue weighted by molar-refractivity contribution is 6.25. The first-order valence-corrected chi connectivity index (χ1v) is 18.9. The Bertz CT molecular complexity index is 2530. The summed E-state index contributed by atoms with van der Waals surface area (Å²) in [4.78, 5) is 44.2. The van der Waals surface area contributed by atoms with Crippen LogP contribution in [0.5, 0.6) is 0 Å². The molecule has 3 aliphatic heterocycles. The van der Waals surface area contributed by atoms with Gasteiger partial charge in [0.2, 0.25) is 0 Å². The number of allylic oxidation sites excluding steroid dienone is 3. The summed E-state index contributed by atoms with van der Waals surface area (Å²) in [6.07, 6.45) is 6.96. The van der Waals surface area contributed by atoms with Gasteiger partial charge in [-0.1, -0.05) is 59.7 Å². The van der Waals surface area contributed by atoms with Crippen LogP contribution in [0.2, 0.25) is 0 Å². The number of carbonyl (C=O) groups is 2. The van der Waals surface area contributed by atoms with E-state index in [1.807, 2.05) is 19.9 Å². The zero-order valence-corrected chi connectivity index (χ0v) is 33.6. The van der Waals surface area contributed by atoms with Gasteiger partial charge in [-0.05, 0) is 129 Å². The number of nitrogens with zero attached hydrogens (tertiary/aromatic N) is 2. The first kappa shape index (κ1) is 37.6. The number of nitrogens with one attached hydrogen (secondary N) is 2. The van der Waals surface area contributed by atoms with Crippen LogP contribution >= 0.6 is 0 Å². The van der Waals surface area contributed by atoms with E-state index >= 15 is 0 Å². The van der Waals surface area contributed by atoms with Gasteiger partial charge in [0.1, 0.15) is 0 Å². The highest BCUT2D eigenvalue weighted by Crippen LogP contribution is 2.50. The van der Waals surface area contributed by atoms with Gasteiger partial charge in [-0.3, -0.25) is 14.6 Å². The third-order valence-electron chi connectivity index (χ3n) is 12.1. The monoisotopic (exact) mass is 734 g/mol. The van der Waals surface area contributed by atoms with E-state index in [9.17, 15) is 9.59 Å². The van der Waals surface area contributed by atoms with Gasteiger partial charge in [0.15, 0.2) is 0 Å². The lowest BCUT2D eigenvalue weighted by molar-refractivity contribution is -0.140. The van der Waals surface area contributed by atoms with Crippen molar-refractivity contribution in [1.29, 1.82) is 0 Å². The number of aliphatic imine (C=N–C) groups is 2. The number of methoxy groups -OCH3 is 2. The largest absolute Gasteiger partial charge is 0.469 e. The third-order valence-corrected chi connectivity index (χ3v) is 12.1. The zero-order valence-electron chi connectivity index (χ0n) is 33.6. The Morgan fingerprint density at radius 1 is 0.691 bits per heavy atom. The van der Waals surface area contributed by atoms with Gasteiger partial charge in [-0.25, -0.2) is 4.99 Å². The highest BCUT2D eigenvalue weighted by Gasteiger charge is 2.48. The van der Waals surface area contributed by atoms with E-state index in [1.165, 1.54) is 47.6 Å². The lowest BCUT2D eigenvalue weighted by Gasteiger charge is -2.38. The first-order valence-electron chi connectivity index (χ1n) is 18.9. The Morgan fingerprint density at radius 3 is 1.98 bits per heavy atom. The second-order valence-corrected chi connectivity index (χ2v) is 15.4. The molecule has 8 nitrogen and oxygen atoms in total. The first-order chi connectivity index (χ1) is 26.2. The minimum Gasteiger partial charge on any atom is -0.469 e. The molecule has 0 amide bonds. The summed E-state index contributed by atoms with van der Waals surface area (Å²) in [6, 6.07) is 17.7. The Kier molecular flexibility index (Phi) is 9.88. The van der Waals surface area contributed by atoms with Crippen molar-refractivity contribution in [2.24, 2.45) is 9.98 Å². The smallest absolute Gasteiger partial charge is 0.310 e. The second kappa shape index (κ2) is 14.5. The molecule has 2 N–H and O–H groups in total. The summed E-state index contributed by atoms with van der Waals surface area (Å²) in [7, 11) is 2.80. The topological polar surface area (TPSA) is 109 Å². The number of ether oxygens (including phenoxy) is 2. The van der Waals surface area contributed by atoms with Crippen LogP contribution in [0.15, 0.2) is 92.6 Å². The Morgan fingerprint density at radius 2 is 1.33 bits per heavy atom. The molecule has 0 saturated carbocycles. The molecule has 0 fully saturated rings. The van der Waals surface area contributed by atoms with Crippen LogP contribution in [0.25, 0.3) is 12.2 Å². The van der Waals surface area contributed by atoms with E-state index in [2.05, 4.69) is 112 Å². The standard InChI is InChI=1S/C47H50N4O4/c1-25-11-15-33(16-12-25)24-47-32(8)29(5)40(51-47)22-39-31(7)36(20-44(53)55-10)42(49-39)23-41-35(19-43(52)54-9)30(6)38(48-41)21-37-27(3)28(4)46(50-37)45(47)34-17-13-26(2)14-18-34/h11-18,21-23,45,48,50H,19-20,24H2,1-10H3/t45-,47-/m1/s1. The number of H-pyrrole nitrogens is 2. The molecular weight excluding hydrogens is 685 g/mol. The lowest BCUT2D eigenvalue weighted by Crippen LogP contribution is -2.38.